The summed E-state index contributed by atoms with van der Waals surface area (Å²) in [5.41, 5.74) is 1.11. The van der Waals surface area contributed by atoms with Crippen LogP contribution < -0.4 is 0 Å². The van der Waals surface area contributed by atoms with Gasteiger partial charge in [-0.05, 0) is 31.4 Å². The van der Waals surface area contributed by atoms with Gasteiger partial charge in [0.2, 0.25) is 10.0 Å². The smallest absolute Gasteiger partial charge is 0.213 e. The van der Waals surface area contributed by atoms with Gasteiger partial charge in [-0.2, -0.15) is 0 Å². The first kappa shape index (κ1) is 16.1. The first-order valence-electron chi connectivity index (χ1n) is 7.98. The number of hydrogen-bond acceptors (Lipinski definition) is 4. The highest BCUT2D eigenvalue weighted by molar-refractivity contribution is 7.89. The van der Waals surface area contributed by atoms with E-state index >= 15 is 0 Å². The van der Waals surface area contributed by atoms with Crippen molar-refractivity contribution >= 4 is 10.0 Å². The van der Waals surface area contributed by atoms with Gasteiger partial charge < -0.3 is 4.57 Å². The molecule has 0 aliphatic carbocycles. The Morgan fingerprint density at radius 2 is 2.22 bits per heavy atom. The highest BCUT2D eigenvalue weighted by atomic mass is 32.2. The summed E-state index contributed by atoms with van der Waals surface area (Å²) in [6.45, 7) is 3.55. The Bertz CT molecular complexity index is 742. The molecule has 0 aromatic carbocycles. The molecular weight excluding hydrogens is 312 g/mol. The lowest BCUT2D eigenvalue weighted by molar-refractivity contribution is 0.306. The van der Waals surface area contributed by atoms with Crippen LogP contribution in [0, 0.1) is 0 Å². The molecule has 1 saturated heterocycles. The molecule has 0 radical (unpaired) electrons. The molecular formula is C16H22N4O2S. The Hall–Kier alpha value is -1.73. The first-order valence-corrected chi connectivity index (χ1v) is 9.59. The van der Waals surface area contributed by atoms with E-state index in [1.807, 2.05) is 24.5 Å². The maximum absolute atomic E-state index is 12.1. The molecule has 2 aromatic heterocycles. The zero-order chi connectivity index (χ0) is 16.3. The Labute approximate surface area is 137 Å². The molecule has 6 nitrogen and oxygen atoms in total. The highest BCUT2D eigenvalue weighted by Crippen LogP contribution is 2.27. The summed E-state index contributed by atoms with van der Waals surface area (Å²) in [6.07, 6.45) is 9.20. The Morgan fingerprint density at radius 1 is 1.35 bits per heavy atom. The van der Waals surface area contributed by atoms with Crippen molar-refractivity contribution in [1.29, 1.82) is 0 Å². The minimum Gasteiger partial charge on any atom is -0.330 e. The van der Waals surface area contributed by atoms with Crippen molar-refractivity contribution in [3.05, 3.63) is 48.3 Å². The molecule has 0 unspecified atom stereocenters. The molecule has 0 N–H and O–H groups in total. The fourth-order valence-electron chi connectivity index (χ4n) is 3.09. The molecule has 0 bridgehead atoms. The second-order valence-electron chi connectivity index (χ2n) is 5.87. The molecule has 1 fully saturated rings. The van der Waals surface area contributed by atoms with Crippen molar-refractivity contribution in [2.24, 2.45) is 0 Å². The quantitative estimate of drug-likeness (QED) is 0.837. The van der Waals surface area contributed by atoms with Gasteiger partial charge in [0.15, 0.2) is 0 Å². The van der Waals surface area contributed by atoms with Crippen molar-refractivity contribution in [2.75, 3.05) is 18.8 Å². The summed E-state index contributed by atoms with van der Waals surface area (Å²) in [5, 5.41) is 0. The number of hydrogen-bond donors (Lipinski definition) is 0. The van der Waals surface area contributed by atoms with Gasteiger partial charge in [-0.25, -0.2) is 17.7 Å². The SMILES string of the molecule is CCS(=O)(=O)N1CCC[C@H](c2nccn2Cc2cccnc2)C1. The van der Waals surface area contributed by atoms with Crippen molar-refractivity contribution in [3.8, 4) is 0 Å². The second-order valence-corrected chi connectivity index (χ2v) is 8.13. The topological polar surface area (TPSA) is 68.1 Å². The van der Waals surface area contributed by atoms with E-state index in [2.05, 4.69) is 14.5 Å². The van der Waals surface area contributed by atoms with E-state index in [1.165, 1.54) is 0 Å². The number of piperidine rings is 1. The normalized spacial score (nSPS) is 19.8. The maximum Gasteiger partial charge on any atom is 0.213 e. The molecule has 1 aliphatic rings. The standard InChI is InChI=1S/C16H22N4O2S/c1-2-23(21,22)20-9-4-6-15(13-20)16-18-8-10-19(16)12-14-5-3-7-17-11-14/h3,5,7-8,10-11,15H,2,4,6,9,12-13H2,1H3/t15-/m0/s1. The lowest BCUT2D eigenvalue weighted by Gasteiger charge is -2.31. The van der Waals surface area contributed by atoms with E-state index in [4.69, 9.17) is 0 Å². The third-order valence-electron chi connectivity index (χ3n) is 4.33. The predicted molar refractivity (Wildman–Crippen MR) is 88.6 cm³/mol. The Kier molecular flexibility index (Phi) is 4.77. The fraction of sp³-hybridized carbons (Fsp3) is 0.500. The first-order chi connectivity index (χ1) is 11.1. The third kappa shape index (κ3) is 3.61. The summed E-state index contributed by atoms with van der Waals surface area (Å²) >= 11 is 0. The van der Waals surface area contributed by atoms with Gasteiger partial charge in [-0.3, -0.25) is 4.98 Å². The molecule has 2 aromatic rings. The van der Waals surface area contributed by atoms with Crippen LogP contribution in [0.15, 0.2) is 36.9 Å². The Morgan fingerprint density at radius 3 is 2.96 bits per heavy atom. The van der Waals surface area contributed by atoms with E-state index in [9.17, 15) is 8.42 Å². The zero-order valence-corrected chi connectivity index (χ0v) is 14.1. The van der Waals surface area contributed by atoms with E-state index in [1.54, 1.807) is 23.6 Å². The van der Waals surface area contributed by atoms with Gasteiger partial charge >= 0.3 is 0 Å². The lowest BCUT2D eigenvalue weighted by atomic mass is 9.98. The number of nitrogens with zero attached hydrogens (tertiary/aromatic N) is 4. The average Bonchev–Trinajstić information content (AvgIpc) is 3.04. The van der Waals surface area contributed by atoms with E-state index in [0.717, 1.165) is 24.2 Å². The molecule has 23 heavy (non-hydrogen) atoms. The van der Waals surface area contributed by atoms with Crippen LogP contribution in [0.2, 0.25) is 0 Å². The van der Waals surface area contributed by atoms with Gasteiger partial charge in [0.05, 0.1) is 12.3 Å². The van der Waals surface area contributed by atoms with Gasteiger partial charge in [-0.15, -0.1) is 0 Å². The number of imidazole rings is 1. The molecule has 1 aliphatic heterocycles. The molecule has 1 atom stereocenters. The molecule has 3 heterocycles. The van der Waals surface area contributed by atoms with Crippen molar-refractivity contribution in [2.45, 2.75) is 32.2 Å². The Balaban J connectivity index is 1.78. The van der Waals surface area contributed by atoms with Crippen LogP contribution >= 0.6 is 0 Å². The van der Waals surface area contributed by atoms with Crippen LogP contribution in [0.25, 0.3) is 0 Å². The molecule has 124 valence electrons. The summed E-state index contributed by atoms with van der Waals surface area (Å²) in [6, 6.07) is 3.95. The summed E-state index contributed by atoms with van der Waals surface area (Å²) in [7, 11) is -3.13. The monoisotopic (exact) mass is 334 g/mol. The second kappa shape index (κ2) is 6.80. The van der Waals surface area contributed by atoms with E-state index < -0.39 is 10.0 Å². The van der Waals surface area contributed by atoms with Crippen molar-refractivity contribution in [1.82, 2.24) is 18.8 Å². The zero-order valence-electron chi connectivity index (χ0n) is 13.3. The van der Waals surface area contributed by atoms with Crippen LogP contribution in [-0.2, 0) is 16.6 Å². The summed E-state index contributed by atoms with van der Waals surface area (Å²) in [5.74, 6) is 1.27. The molecule has 7 heteroatoms. The summed E-state index contributed by atoms with van der Waals surface area (Å²) in [4.78, 5) is 8.64. The average molecular weight is 334 g/mol. The fourth-order valence-corrected chi connectivity index (χ4v) is 4.27. The minimum atomic E-state index is -3.13. The molecule has 3 rings (SSSR count). The van der Waals surface area contributed by atoms with Crippen molar-refractivity contribution in [3.63, 3.8) is 0 Å². The summed E-state index contributed by atoms with van der Waals surface area (Å²) < 4.78 is 28.0. The van der Waals surface area contributed by atoms with Crippen LogP contribution in [0.3, 0.4) is 0 Å². The number of rotatable bonds is 5. The molecule has 0 saturated carbocycles. The van der Waals surface area contributed by atoms with E-state index in [-0.39, 0.29) is 11.7 Å². The lowest BCUT2D eigenvalue weighted by Crippen LogP contribution is -2.40. The maximum atomic E-state index is 12.1. The van der Waals surface area contributed by atoms with Crippen LogP contribution in [0.5, 0.6) is 0 Å². The van der Waals surface area contributed by atoms with Gasteiger partial charge in [-0.1, -0.05) is 6.07 Å². The molecule has 0 amide bonds. The van der Waals surface area contributed by atoms with Gasteiger partial charge in [0, 0.05) is 43.8 Å². The van der Waals surface area contributed by atoms with Gasteiger partial charge in [0.1, 0.15) is 5.82 Å². The number of sulfonamides is 1. The highest BCUT2D eigenvalue weighted by Gasteiger charge is 2.30. The number of aromatic nitrogens is 3. The minimum absolute atomic E-state index is 0.150. The van der Waals surface area contributed by atoms with Crippen LogP contribution in [-0.4, -0.2) is 46.1 Å². The third-order valence-corrected chi connectivity index (χ3v) is 6.18. The van der Waals surface area contributed by atoms with E-state index in [0.29, 0.717) is 19.6 Å². The number of pyridine rings is 1. The van der Waals surface area contributed by atoms with Crippen LogP contribution in [0.4, 0.5) is 0 Å². The molecule has 0 spiro atoms. The predicted octanol–water partition coefficient (Wildman–Crippen LogP) is 1.86. The van der Waals surface area contributed by atoms with Crippen LogP contribution in [0.1, 0.15) is 37.1 Å². The largest absolute Gasteiger partial charge is 0.330 e. The van der Waals surface area contributed by atoms with Gasteiger partial charge in [0.25, 0.3) is 0 Å². The van der Waals surface area contributed by atoms with Crippen molar-refractivity contribution < 1.29 is 8.42 Å².